The van der Waals surface area contributed by atoms with E-state index in [4.69, 9.17) is 35.9 Å². The summed E-state index contributed by atoms with van der Waals surface area (Å²) in [7, 11) is 2.00. The normalized spacial score (nSPS) is 18.9. The molecule has 2 atom stereocenters. The third kappa shape index (κ3) is 24.2. The van der Waals surface area contributed by atoms with Gasteiger partial charge in [-0.2, -0.15) is 0 Å². The predicted molar refractivity (Wildman–Crippen MR) is 292 cm³/mol. The van der Waals surface area contributed by atoms with Gasteiger partial charge in [0.15, 0.2) is 10.2 Å². The second-order valence-electron chi connectivity index (χ2n) is 18.9. The highest BCUT2D eigenvalue weighted by Crippen LogP contribution is 2.18. The standard InChI is InChI=1S/C49H78N14O9S2/c1-3-57-16-18-58(26-27-64)22-24-62(33-44(51)66)41(30-60(20-17-57)32-43(50)65)28-37-4-8-39(9-5-37)54-48(73)52-12-14-56(2)15-13-53-49(74)55-40-10-6-38(7-11-40)29-42-31-61(35-46(69)70)21-19-59(34-45(67)68)23-25-63(42)36-47(71)72/h4-11,27,41-42H,3,12-26,28-36H2,1-2H3,(H2,50,65)(H2,51,66)(H,67,68)(H,69,70)(H,71,72)(H2,52,54,73)(H2,53,55,74). The molecule has 4 rings (SSSR count). The zero-order valence-corrected chi connectivity index (χ0v) is 44.5. The topological polar surface area (TPSA) is 289 Å². The van der Waals surface area contributed by atoms with Crippen molar-refractivity contribution in [3.8, 4) is 0 Å². The summed E-state index contributed by atoms with van der Waals surface area (Å²) in [6.07, 6.45) is 1.93. The molecule has 0 radical (unpaired) electrons. The van der Waals surface area contributed by atoms with Crippen LogP contribution in [0.4, 0.5) is 11.4 Å². The fourth-order valence-electron chi connectivity index (χ4n) is 9.10. The molecule has 0 saturated carbocycles. The minimum Gasteiger partial charge on any atom is -0.480 e. The lowest BCUT2D eigenvalue weighted by atomic mass is 10.0. The number of hydrogen-bond donors (Lipinski definition) is 9. The van der Waals surface area contributed by atoms with Crippen LogP contribution in [0.5, 0.6) is 0 Å². The first-order chi connectivity index (χ1) is 35.4. The lowest BCUT2D eigenvalue weighted by Gasteiger charge is -2.38. The molecular formula is C49H78N14O9S2. The molecule has 2 saturated heterocycles. The van der Waals surface area contributed by atoms with Crippen molar-refractivity contribution in [2.24, 2.45) is 11.5 Å². The Bertz CT molecular complexity index is 2130. The molecule has 0 aromatic heterocycles. The van der Waals surface area contributed by atoms with Crippen LogP contribution in [0.25, 0.3) is 0 Å². The lowest BCUT2D eigenvalue weighted by molar-refractivity contribution is -0.140. The Balaban J connectivity index is 1.23. The number of nitrogens with two attached hydrogens (primary N) is 2. The number of hydrogen-bond acceptors (Lipinski definition) is 16. The van der Waals surface area contributed by atoms with Gasteiger partial charge in [0.2, 0.25) is 11.8 Å². The van der Waals surface area contributed by atoms with Crippen molar-refractivity contribution in [1.29, 1.82) is 0 Å². The predicted octanol–water partition coefficient (Wildman–Crippen LogP) is -1.70. The van der Waals surface area contributed by atoms with E-state index in [9.17, 15) is 44.1 Å². The summed E-state index contributed by atoms with van der Waals surface area (Å²) < 4.78 is 0. The molecule has 74 heavy (non-hydrogen) atoms. The van der Waals surface area contributed by atoms with Crippen molar-refractivity contribution in [3.05, 3.63) is 59.7 Å². The number of benzene rings is 2. The average molecular weight is 1070 g/mol. The largest absolute Gasteiger partial charge is 0.480 e. The number of aliphatic carboxylic acids is 3. The van der Waals surface area contributed by atoms with Gasteiger partial charge in [0.25, 0.3) is 0 Å². The number of anilines is 2. The molecule has 2 aromatic rings. The van der Waals surface area contributed by atoms with E-state index < -0.39 is 29.7 Å². The van der Waals surface area contributed by atoms with E-state index in [1.54, 1.807) is 14.7 Å². The van der Waals surface area contributed by atoms with Gasteiger partial charge < -0.3 is 62.6 Å². The Hall–Kier alpha value is -5.48. The van der Waals surface area contributed by atoms with Gasteiger partial charge in [-0.15, -0.1) is 0 Å². The van der Waals surface area contributed by atoms with Crippen LogP contribution in [0.3, 0.4) is 0 Å². The number of carbonyl (C=O) groups is 6. The number of carboxylic acids is 3. The molecule has 2 unspecified atom stereocenters. The van der Waals surface area contributed by atoms with Gasteiger partial charge in [-0.3, -0.25) is 53.4 Å². The minimum absolute atomic E-state index is 0.0303. The van der Waals surface area contributed by atoms with Gasteiger partial charge in [-0.05, 0) is 86.3 Å². The maximum Gasteiger partial charge on any atom is 0.317 e. The molecule has 2 amide bonds. The maximum atomic E-state index is 12.4. The van der Waals surface area contributed by atoms with Crippen molar-refractivity contribution in [2.75, 3.05) is 168 Å². The Morgan fingerprint density at radius 2 is 0.973 bits per heavy atom. The first-order valence-electron chi connectivity index (χ1n) is 25.1. The van der Waals surface area contributed by atoms with Crippen molar-refractivity contribution in [1.82, 2.24) is 49.8 Å². The summed E-state index contributed by atoms with van der Waals surface area (Å²) in [6.45, 7) is 11.2. The van der Waals surface area contributed by atoms with E-state index in [0.29, 0.717) is 121 Å². The van der Waals surface area contributed by atoms with Crippen LogP contribution in [0.15, 0.2) is 48.5 Å². The highest BCUT2D eigenvalue weighted by atomic mass is 32.1. The molecule has 2 aromatic carbocycles. The van der Waals surface area contributed by atoms with Gasteiger partial charge in [0, 0.05) is 128 Å². The molecule has 2 aliphatic heterocycles. The molecule has 2 heterocycles. The number of nitrogens with zero attached hydrogens (tertiary/aromatic N) is 8. The van der Waals surface area contributed by atoms with Crippen LogP contribution >= 0.6 is 24.4 Å². The first kappa shape index (κ1) is 61.1. The van der Waals surface area contributed by atoms with Crippen molar-refractivity contribution in [2.45, 2.75) is 31.8 Å². The number of rotatable bonds is 25. The molecule has 410 valence electrons. The highest BCUT2D eigenvalue weighted by Gasteiger charge is 2.29. The third-order valence-electron chi connectivity index (χ3n) is 13.1. The van der Waals surface area contributed by atoms with E-state index >= 15 is 0 Å². The van der Waals surface area contributed by atoms with Gasteiger partial charge >= 0.3 is 17.9 Å². The number of carboxylic acid groups (broad SMARTS) is 3. The summed E-state index contributed by atoms with van der Waals surface area (Å²) in [5.41, 5.74) is 15.0. The van der Waals surface area contributed by atoms with Gasteiger partial charge in [-0.25, -0.2) is 0 Å². The molecular weight excluding hydrogens is 993 g/mol. The maximum absolute atomic E-state index is 12.4. The van der Waals surface area contributed by atoms with Gasteiger partial charge in [0.05, 0.1) is 39.3 Å². The number of carbonyl (C=O) groups excluding carboxylic acids is 3. The number of likely N-dealkylation sites (N-methyl/N-ethyl adjacent to an activating group) is 2. The van der Waals surface area contributed by atoms with Crippen molar-refractivity contribution < 1.29 is 44.1 Å². The SMILES string of the molecule is CCN1CCN(CC=O)CCN(CC(N)=O)C(Cc2ccc(NC(=S)NCCN(C)CCNC(=S)Nc3ccc(CC4CN(CC(=O)O)CCN(CC(=O)O)CCN4CC(=O)O)cc3)cc2)CN(CC(N)=O)CC1. The smallest absolute Gasteiger partial charge is 0.317 e. The molecule has 23 nitrogen and oxygen atoms in total. The van der Waals surface area contributed by atoms with Crippen LogP contribution in [-0.2, 0) is 41.6 Å². The van der Waals surface area contributed by atoms with E-state index in [-0.39, 0.29) is 44.8 Å². The second-order valence-corrected chi connectivity index (χ2v) is 19.7. The van der Waals surface area contributed by atoms with Crippen molar-refractivity contribution in [3.63, 3.8) is 0 Å². The summed E-state index contributed by atoms with van der Waals surface area (Å²) in [4.78, 5) is 87.0. The Morgan fingerprint density at radius 1 is 0.581 bits per heavy atom. The van der Waals surface area contributed by atoms with Gasteiger partial charge in [-0.1, -0.05) is 31.2 Å². The van der Waals surface area contributed by atoms with Crippen molar-refractivity contribution >= 4 is 82.0 Å². The summed E-state index contributed by atoms with van der Waals surface area (Å²) in [5.74, 6) is -3.92. The monoisotopic (exact) mass is 1070 g/mol. The molecule has 0 aliphatic carbocycles. The summed E-state index contributed by atoms with van der Waals surface area (Å²) in [5, 5.41) is 42.6. The van der Waals surface area contributed by atoms with Gasteiger partial charge in [0.1, 0.15) is 6.29 Å². The Labute approximate surface area is 445 Å². The minimum atomic E-state index is -1.02. The second kappa shape index (κ2) is 32.7. The number of aldehydes is 1. The highest BCUT2D eigenvalue weighted by molar-refractivity contribution is 7.80. The zero-order chi connectivity index (χ0) is 54.0. The summed E-state index contributed by atoms with van der Waals surface area (Å²) >= 11 is 11.2. The molecule has 2 aliphatic rings. The Morgan fingerprint density at radius 3 is 1.42 bits per heavy atom. The zero-order valence-electron chi connectivity index (χ0n) is 42.9. The third-order valence-corrected chi connectivity index (χ3v) is 13.6. The molecule has 0 bridgehead atoms. The van der Waals surface area contributed by atoms with E-state index in [0.717, 1.165) is 48.4 Å². The van der Waals surface area contributed by atoms with Crippen LogP contribution in [0, 0.1) is 0 Å². The van der Waals surface area contributed by atoms with E-state index in [1.807, 2.05) is 65.4 Å². The molecule has 25 heteroatoms. The Kier molecular flexibility index (Phi) is 27.0. The fourth-order valence-corrected chi connectivity index (χ4v) is 9.54. The summed E-state index contributed by atoms with van der Waals surface area (Å²) in [6, 6.07) is 15.0. The number of thiocarbonyl (C=S) groups is 2. The van der Waals surface area contributed by atoms with Crippen LogP contribution in [0.1, 0.15) is 18.1 Å². The molecule has 11 N–H and O–H groups in total. The molecule has 2 fully saturated rings. The first-order valence-corrected chi connectivity index (χ1v) is 25.9. The lowest BCUT2D eigenvalue weighted by Crippen LogP contribution is -2.53. The van der Waals surface area contributed by atoms with E-state index in [2.05, 4.69) is 42.9 Å². The number of nitrogens with one attached hydrogen (secondary N) is 4. The average Bonchev–Trinajstić information content (AvgIpc) is 3.39. The van der Waals surface area contributed by atoms with Crippen LogP contribution < -0.4 is 32.7 Å². The molecule has 0 spiro atoms. The number of amides is 2. The quantitative estimate of drug-likeness (QED) is 0.0396. The van der Waals surface area contributed by atoms with Crippen LogP contribution in [0.2, 0.25) is 0 Å². The van der Waals surface area contributed by atoms with E-state index in [1.165, 1.54) is 0 Å². The fraction of sp³-hybridized carbons (Fsp3) is 0.592. The van der Waals surface area contributed by atoms with Crippen LogP contribution in [-0.4, -0.2) is 270 Å². The number of primary amides is 2.